The molecule has 1 fully saturated rings. The van der Waals surface area contributed by atoms with E-state index < -0.39 is 0 Å². The minimum Gasteiger partial charge on any atom is -0.453 e. The fraction of sp³-hybridized carbons (Fsp3) is 0.533. The Labute approximate surface area is 137 Å². The lowest BCUT2D eigenvalue weighted by molar-refractivity contribution is 0.0308. The minimum absolute atomic E-state index is 0.0457. The van der Waals surface area contributed by atoms with Gasteiger partial charge >= 0.3 is 6.09 Å². The molecule has 1 heterocycles. The first-order valence-electron chi connectivity index (χ1n) is 6.91. The number of halogens is 2. The zero-order valence-electron chi connectivity index (χ0n) is 11.9. The van der Waals surface area contributed by atoms with E-state index in [1.807, 2.05) is 0 Å². The van der Waals surface area contributed by atoms with Gasteiger partial charge in [0.05, 0.1) is 25.9 Å². The smallest absolute Gasteiger partial charge is 0.409 e. The van der Waals surface area contributed by atoms with E-state index in [0.717, 1.165) is 22.8 Å². The monoisotopic (exact) mass is 407 g/mol. The zero-order chi connectivity index (χ0) is 15.2. The van der Waals surface area contributed by atoms with Crippen LogP contribution in [0.5, 0.6) is 0 Å². The second-order valence-corrected chi connectivity index (χ2v) is 5.97. The Hall–Kier alpha value is -0.890. The number of hydrogen-bond donors (Lipinski definition) is 0. The van der Waals surface area contributed by atoms with Crippen LogP contribution in [0.1, 0.15) is 18.4 Å². The number of rotatable bonds is 5. The van der Waals surface area contributed by atoms with Crippen LogP contribution in [0.2, 0.25) is 0 Å². The van der Waals surface area contributed by atoms with Gasteiger partial charge in [0.25, 0.3) is 0 Å². The molecule has 1 amide bonds. The summed E-state index contributed by atoms with van der Waals surface area (Å²) in [6, 6.07) is 6.13. The molecule has 0 aromatic heterocycles. The van der Waals surface area contributed by atoms with Gasteiger partial charge in [0.2, 0.25) is 0 Å². The van der Waals surface area contributed by atoms with Gasteiger partial charge in [-0.25, -0.2) is 9.18 Å². The van der Waals surface area contributed by atoms with Crippen LogP contribution in [0, 0.1) is 5.82 Å². The van der Waals surface area contributed by atoms with Crippen molar-refractivity contribution < 1.29 is 18.7 Å². The molecule has 1 aliphatic heterocycles. The lowest BCUT2D eigenvalue weighted by Crippen LogP contribution is -2.37. The van der Waals surface area contributed by atoms with E-state index in [4.69, 9.17) is 9.47 Å². The van der Waals surface area contributed by atoms with Crippen LogP contribution in [-0.2, 0) is 16.0 Å². The number of hydrogen-bond acceptors (Lipinski definition) is 3. The highest BCUT2D eigenvalue weighted by Crippen LogP contribution is 2.23. The Balaban J connectivity index is 1.98. The number of benzene rings is 1. The molecule has 0 aliphatic carbocycles. The quantitative estimate of drug-likeness (QED) is 0.555. The van der Waals surface area contributed by atoms with E-state index in [2.05, 4.69) is 22.6 Å². The summed E-state index contributed by atoms with van der Waals surface area (Å²) in [5.74, 6) is -0.285. The highest BCUT2D eigenvalue weighted by Gasteiger charge is 2.28. The van der Waals surface area contributed by atoms with Crippen molar-refractivity contribution in [3.05, 3.63) is 35.6 Å². The van der Waals surface area contributed by atoms with Gasteiger partial charge in [0, 0.05) is 11.0 Å². The third-order valence-corrected chi connectivity index (χ3v) is 4.49. The van der Waals surface area contributed by atoms with Crippen LogP contribution in [0.15, 0.2) is 24.3 Å². The van der Waals surface area contributed by atoms with Crippen LogP contribution >= 0.6 is 22.6 Å². The van der Waals surface area contributed by atoms with Gasteiger partial charge in [-0.15, -0.1) is 0 Å². The molecule has 1 aromatic rings. The molecule has 0 N–H and O–H groups in total. The van der Waals surface area contributed by atoms with Gasteiger partial charge < -0.3 is 14.4 Å². The summed E-state index contributed by atoms with van der Waals surface area (Å²) < 4.78 is 24.6. The maximum absolute atomic E-state index is 12.9. The highest BCUT2D eigenvalue weighted by atomic mass is 127. The van der Waals surface area contributed by atoms with E-state index in [-0.39, 0.29) is 24.1 Å². The molecule has 21 heavy (non-hydrogen) atoms. The zero-order valence-corrected chi connectivity index (χ0v) is 14.1. The highest BCUT2D eigenvalue weighted by molar-refractivity contribution is 14.1. The Morgan fingerprint density at radius 2 is 2.05 bits per heavy atom. The Morgan fingerprint density at radius 3 is 2.62 bits per heavy atom. The first kappa shape index (κ1) is 16.5. The summed E-state index contributed by atoms with van der Waals surface area (Å²) in [7, 11) is 1.36. The number of nitrogens with zero attached hydrogens (tertiary/aromatic N) is 1. The fourth-order valence-electron chi connectivity index (χ4n) is 2.42. The average molecular weight is 407 g/mol. The van der Waals surface area contributed by atoms with Gasteiger partial charge in [0.15, 0.2) is 0 Å². The van der Waals surface area contributed by atoms with Crippen molar-refractivity contribution in [2.75, 3.05) is 18.1 Å². The molecule has 1 aliphatic rings. The molecule has 0 unspecified atom stereocenters. The van der Waals surface area contributed by atoms with Crippen LogP contribution < -0.4 is 0 Å². The molecular weight excluding hydrogens is 388 g/mol. The predicted molar refractivity (Wildman–Crippen MR) is 86.0 cm³/mol. The summed E-state index contributed by atoms with van der Waals surface area (Å²) in [6.45, 7) is 0.888. The number of alkyl halides is 1. The maximum Gasteiger partial charge on any atom is 0.409 e. The molecule has 4 nitrogen and oxygen atoms in total. The number of carbonyl (C=O) groups excluding carboxylic acids is 1. The van der Waals surface area contributed by atoms with Crippen molar-refractivity contribution in [2.24, 2.45) is 0 Å². The van der Waals surface area contributed by atoms with Crippen molar-refractivity contribution >= 4 is 28.7 Å². The van der Waals surface area contributed by atoms with Crippen LogP contribution in [0.25, 0.3) is 0 Å². The molecule has 0 spiro atoms. The summed E-state index contributed by atoms with van der Waals surface area (Å²) in [5, 5.41) is 0. The van der Waals surface area contributed by atoms with Gasteiger partial charge in [0.1, 0.15) is 5.82 Å². The first-order valence-corrected chi connectivity index (χ1v) is 8.43. The Morgan fingerprint density at radius 1 is 1.38 bits per heavy atom. The molecule has 2 atom stereocenters. The van der Waals surface area contributed by atoms with E-state index in [1.54, 1.807) is 17.0 Å². The first-order chi connectivity index (χ1) is 10.1. The second kappa shape index (κ2) is 7.93. The molecule has 116 valence electrons. The lowest BCUT2D eigenvalue weighted by Gasteiger charge is -2.24. The predicted octanol–water partition coefficient (Wildman–Crippen LogP) is 3.38. The summed E-state index contributed by atoms with van der Waals surface area (Å²) >= 11 is 2.31. The molecule has 0 bridgehead atoms. The van der Waals surface area contributed by atoms with Crippen molar-refractivity contribution in [3.63, 3.8) is 0 Å². The van der Waals surface area contributed by atoms with E-state index >= 15 is 0 Å². The van der Waals surface area contributed by atoms with E-state index in [9.17, 15) is 9.18 Å². The second-order valence-electron chi connectivity index (χ2n) is 5.09. The summed E-state index contributed by atoms with van der Waals surface area (Å²) in [5.41, 5.74) is 0.866. The van der Waals surface area contributed by atoms with E-state index in [0.29, 0.717) is 13.1 Å². The third-order valence-electron chi connectivity index (χ3n) is 3.51. The largest absolute Gasteiger partial charge is 0.453 e. The van der Waals surface area contributed by atoms with Crippen molar-refractivity contribution in [2.45, 2.75) is 31.6 Å². The van der Waals surface area contributed by atoms with Gasteiger partial charge in [-0.05, 0) is 30.5 Å². The van der Waals surface area contributed by atoms with Crippen molar-refractivity contribution in [3.8, 4) is 0 Å². The molecule has 0 saturated carbocycles. The summed E-state index contributed by atoms with van der Waals surface area (Å²) in [6.07, 6.45) is 1.91. The number of carbonyl (C=O) groups is 1. The van der Waals surface area contributed by atoms with Gasteiger partial charge in [-0.2, -0.15) is 0 Å². The molecule has 1 aromatic carbocycles. The van der Waals surface area contributed by atoms with Crippen LogP contribution in [0.3, 0.4) is 0 Å². The molecular formula is C15H19FINO3. The van der Waals surface area contributed by atoms with Gasteiger partial charge in [-0.1, -0.05) is 34.7 Å². The number of ether oxygens (including phenoxy) is 2. The van der Waals surface area contributed by atoms with Crippen LogP contribution in [-0.4, -0.2) is 41.3 Å². The lowest BCUT2D eigenvalue weighted by atomic mass is 10.1. The summed E-state index contributed by atoms with van der Waals surface area (Å²) in [4.78, 5) is 13.5. The minimum atomic E-state index is -0.388. The fourth-order valence-corrected chi connectivity index (χ4v) is 3.06. The molecule has 2 rings (SSSR count). The average Bonchev–Trinajstić information content (AvgIpc) is 2.95. The molecule has 1 saturated heterocycles. The Kier molecular flexibility index (Phi) is 6.22. The molecule has 6 heteroatoms. The van der Waals surface area contributed by atoms with Crippen molar-refractivity contribution in [1.82, 2.24) is 4.90 Å². The number of amides is 1. The maximum atomic E-state index is 12.9. The normalized spacial score (nSPS) is 21.3. The van der Waals surface area contributed by atoms with E-state index in [1.165, 1.54) is 19.2 Å². The Bertz CT molecular complexity index is 468. The number of methoxy groups -OCH3 is 1. The third kappa shape index (κ3) is 4.81. The SMILES string of the molecule is COC(=O)N(Cc1ccc(F)cc1)C[C@@H]1CC[C@H](CI)O1. The standard InChI is InChI=1S/C15H19FINO3/c1-20-15(19)18(9-11-2-4-12(16)5-3-11)10-14-7-6-13(8-17)21-14/h2-5,13-14H,6-10H2,1H3/t13-,14+/m1/s1. The topological polar surface area (TPSA) is 38.8 Å². The van der Waals surface area contributed by atoms with Crippen molar-refractivity contribution in [1.29, 1.82) is 0 Å². The molecule has 0 radical (unpaired) electrons. The van der Waals surface area contributed by atoms with Gasteiger partial charge in [-0.3, -0.25) is 0 Å². The van der Waals surface area contributed by atoms with Crippen LogP contribution in [0.4, 0.5) is 9.18 Å².